The first kappa shape index (κ1) is 12.2. The van der Waals surface area contributed by atoms with Gasteiger partial charge in [-0.2, -0.15) is 4.98 Å². The van der Waals surface area contributed by atoms with Gasteiger partial charge < -0.3 is 9.63 Å². The molecule has 1 aromatic rings. The summed E-state index contributed by atoms with van der Waals surface area (Å²) in [7, 11) is 0. The fourth-order valence-corrected chi connectivity index (χ4v) is 3.51. The summed E-state index contributed by atoms with van der Waals surface area (Å²) >= 11 is 0. The molecule has 0 spiro atoms. The van der Waals surface area contributed by atoms with Gasteiger partial charge in [-0.3, -0.25) is 0 Å². The highest BCUT2D eigenvalue weighted by molar-refractivity contribution is 5.05. The predicted octanol–water partition coefficient (Wildman–Crippen LogP) is 2.68. The van der Waals surface area contributed by atoms with Crippen molar-refractivity contribution in [3.05, 3.63) is 11.7 Å². The maximum atomic E-state index is 10.7. The van der Waals surface area contributed by atoms with E-state index in [9.17, 15) is 5.11 Å². The molecule has 2 fully saturated rings. The van der Waals surface area contributed by atoms with Crippen molar-refractivity contribution in [2.45, 2.75) is 63.9 Å². The van der Waals surface area contributed by atoms with Crippen molar-refractivity contribution in [2.75, 3.05) is 0 Å². The number of nitrogens with zero attached hydrogens (tertiary/aromatic N) is 2. The van der Waals surface area contributed by atoms with E-state index in [1.165, 1.54) is 19.3 Å². The third kappa shape index (κ3) is 2.58. The third-order valence-corrected chi connectivity index (χ3v) is 4.17. The molecule has 0 unspecified atom stereocenters. The van der Waals surface area contributed by atoms with Gasteiger partial charge in [0, 0.05) is 5.92 Å². The standard InChI is InChI=1S/C14H22N2O2/c1-9-5-10(2)7-14(17,6-9)8-12-15-13(16-18-12)11-3-4-11/h9-11,17H,3-8H2,1-2H3/t9-,10-/m0/s1. The van der Waals surface area contributed by atoms with Crippen LogP contribution in [-0.4, -0.2) is 20.8 Å². The maximum Gasteiger partial charge on any atom is 0.229 e. The molecule has 0 bridgehead atoms. The van der Waals surface area contributed by atoms with E-state index in [0.29, 0.717) is 30.1 Å². The van der Waals surface area contributed by atoms with Crippen LogP contribution in [0, 0.1) is 11.8 Å². The zero-order chi connectivity index (χ0) is 12.8. The zero-order valence-corrected chi connectivity index (χ0v) is 11.2. The Labute approximate surface area is 108 Å². The van der Waals surface area contributed by atoms with E-state index in [-0.39, 0.29) is 0 Å². The van der Waals surface area contributed by atoms with Crippen molar-refractivity contribution in [2.24, 2.45) is 11.8 Å². The van der Waals surface area contributed by atoms with Gasteiger partial charge in [0.15, 0.2) is 5.82 Å². The van der Waals surface area contributed by atoms with Crippen LogP contribution in [0.4, 0.5) is 0 Å². The normalized spacial score (nSPS) is 36.8. The average Bonchev–Trinajstić information content (AvgIpc) is 2.98. The Kier molecular flexibility index (Phi) is 2.93. The number of hydrogen-bond donors (Lipinski definition) is 1. The highest BCUT2D eigenvalue weighted by Crippen LogP contribution is 2.40. The molecule has 2 aliphatic carbocycles. The third-order valence-electron chi connectivity index (χ3n) is 4.17. The Bertz CT molecular complexity index is 415. The van der Waals surface area contributed by atoms with Gasteiger partial charge in [-0.1, -0.05) is 19.0 Å². The molecule has 4 nitrogen and oxygen atoms in total. The summed E-state index contributed by atoms with van der Waals surface area (Å²) in [5.41, 5.74) is -0.648. The Morgan fingerprint density at radius 3 is 2.56 bits per heavy atom. The van der Waals surface area contributed by atoms with Gasteiger partial charge in [0.05, 0.1) is 12.0 Å². The second-order valence-electron chi connectivity index (χ2n) is 6.58. The van der Waals surface area contributed by atoms with Crippen LogP contribution in [0.5, 0.6) is 0 Å². The van der Waals surface area contributed by atoms with Crippen LogP contribution >= 0.6 is 0 Å². The molecule has 1 heterocycles. The van der Waals surface area contributed by atoms with Crippen molar-refractivity contribution in [1.82, 2.24) is 10.1 Å². The van der Waals surface area contributed by atoms with Crippen LogP contribution in [0.25, 0.3) is 0 Å². The molecule has 2 aliphatic rings. The molecule has 1 N–H and O–H groups in total. The molecule has 3 rings (SSSR count). The van der Waals surface area contributed by atoms with Crippen molar-refractivity contribution in [3.63, 3.8) is 0 Å². The first-order valence-electron chi connectivity index (χ1n) is 7.09. The van der Waals surface area contributed by atoms with E-state index in [2.05, 4.69) is 24.0 Å². The number of hydrogen-bond acceptors (Lipinski definition) is 4. The van der Waals surface area contributed by atoms with Crippen molar-refractivity contribution >= 4 is 0 Å². The predicted molar refractivity (Wildman–Crippen MR) is 67.1 cm³/mol. The minimum atomic E-state index is -0.648. The molecule has 1 aromatic heterocycles. The van der Waals surface area contributed by atoms with Gasteiger partial charge in [0.1, 0.15) is 0 Å². The Hall–Kier alpha value is -0.900. The summed E-state index contributed by atoms with van der Waals surface area (Å²) in [6.45, 7) is 4.42. The number of aromatic nitrogens is 2. The fraction of sp³-hybridized carbons (Fsp3) is 0.857. The lowest BCUT2D eigenvalue weighted by Gasteiger charge is -2.38. The molecular weight excluding hydrogens is 228 g/mol. The summed E-state index contributed by atoms with van der Waals surface area (Å²) in [6.07, 6.45) is 5.77. The molecule has 0 amide bonds. The van der Waals surface area contributed by atoms with Crippen LogP contribution in [0.15, 0.2) is 4.52 Å². The van der Waals surface area contributed by atoms with E-state index in [0.717, 1.165) is 18.7 Å². The van der Waals surface area contributed by atoms with Gasteiger partial charge in [-0.15, -0.1) is 0 Å². The van der Waals surface area contributed by atoms with Gasteiger partial charge in [0.25, 0.3) is 0 Å². The largest absolute Gasteiger partial charge is 0.389 e. The van der Waals surface area contributed by atoms with Gasteiger partial charge >= 0.3 is 0 Å². The Balaban J connectivity index is 1.69. The van der Waals surface area contributed by atoms with Gasteiger partial charge in [0.2, 0.25) is 5.89 Å². The molecule has 18 heavy (non-hydrogen) atoms. The number of rotatable bonds is 3. The first-order chi connectivity index (χ1) is 8.54. The summed E-state index contributed by atoms with van der Waals surface area (Å²) in [5, 5.41) is 14.7. The lowest BCUT2D eigenvalue weighted by Crippen LogP contribution is -2.39. The average molecular weight is 250 g/mol. The molecule has 0 aromatic carbocycles. The fourth-order valence-electron chi connectivity index (χ4n) is 3.51. The summed E-state index contributed by atoms with van der Waals surface area (Å²) in [4.78, 5) is 4.42. The van der Waals surface area contributed by atoms with Crippen molar-refractivity contribution < 1.29 is 9.63 Å². The minimum Gasteiger partial charge on any atom is -0.389 e. The number of aliphatic hydroxyl groups is 1. The maximum absolute atomic E-state index is 10.7. The SMILES string of the molecule is C[C@H]1C[C@H](C)CC(O)(Cc2nc(C3CC3)no2)C1. The smallest absolute Gasteiger partial charge is 0.229 e. The molecule has 100 valence electrons. The highest BCUT2D eigenvalue weighted by Gasteiger charge is 2.38. The lowest BCUT2D eigenvalue weighted by molar-refractivity contribution is -0.0355. The summed E-state index contributed by atoms with van der Waals surface area (Å²) < 4.78 is 5.28. The molecule has 2 saturated carbocycles. The van der Waals surface area contributed by atoms with Crippen LogP contribution in [0.1, 0.15) is 63.6 Å². The van der Waals surface area contributed by atoms with Gasteiger partial charge in [-0.25, -0.2) is 0 Å². The lowest BCUT2D eigenvalue weighted by atomic mass is 9.72. The minimum absolute atomic E-state index is 0.515. The summed E-state index contributed by atoms with van der Waals surface area (Å²) in [6, 6.07) is 0. The van der Waals surface area contributed by atoms with E-state index in [1.54, 1.807) is 0 Å². The van der Waals surface area contributed by atoms with Crippen LogP contribution in [0.2, 0.25) is 0 Å². The second-order valence-corrected chi connectivity index (χ2v) is 6.58. The van der Waals surface area contributed by atoms with Crippen LogP contribution in [0.3, 0.4) is 0 Å². The van der Waals surface area contributed by atoms with E-state index < -0.39 is 5.60 Å². The Morgan fingerprint density at radius 1 is 1.28 bits per heavy atom. The first-order valence-corrected chi connectivity index (χ1v) is 7.09. The zero-order valence-electron chi connectivity index (χ0n) is 11.2. The van der Waals surface area contributed by atoms with Crippen LogP contribution in [-0.2, 0) is 6.42 Å². The van der Waals surface area contributed by atoms with Crippen molar-refractivity contribution in [3.8, 4) is 0 Å². The quantitative estimate of drug-likeness (QED) is 0.896. The Morgan fingerprint density at radius 2 is 1.94 bits per heavy atom. The second kappa shape index (κ2) is 4.34. The molecule has 0 saturated heterocycles. The molecule has 4 heteroatoms. The van der Waals surface area contributed by atoms with Crippen LogP contribution < -0.4 is 0 Å². The van der Waals surface area contributed by atoms with E-state index in [4.69, 9.17) is 4.52 Å². The molecule has 0 aliphatic heterocycles. The monoisotopic (exact) mass is 250 g/mol. The molecular formula is C14H22N2O2. The van der Waals surface area contributed by atoms with E-state index >= 15 is 0 Å². The molecule has 2 atom stereocenters. The van der Waals surface area contributed by atoms with Gasteiger partial charge in [-0.05, 0) is 43.9 Å². The topological polar surface area (TPSA) is 59.2 Å². The van der Waals surface area contributed by atoms with Crippen molar-refractivity contribution in [1.29, 1.82) is 0 Å². The molecule has 0 radical (unpaired) electrons. The highest BCUT2D eigenvalue weighted by atomic mass is 16.5. The summed E-state index contributed by atoms with van der Waals surface area (Å²) in [5.74, 6) is 3.11. The van der Waals surface area contributed by atoms with E-state index in [1.807, 2.05) is 0 Å².